The number of nitrogen functional groups attached to an aromatic ring is 1. The molecule has 0 amide bonds. The van der Waals surface area contributed by atoms with Crippen LogP contribution in [0.15, 0.2) is 12.3 Å². The van der Waals surface area contributed by atoms with E-state index in [4.69, 9.17) is 10.8 Å². The molecule has 3 N–H and O–H groups in total. The van der Waals surface area contributed by atoms with Crippen LogP contribution in [0.4, 0.5) is 5.69 Å². The number of aromatic nitrogens is 1. The fourth-order valence-electron chi connectivity index (χ4n) is 1.38. The topological polar surface area (TPSA) is 76.2 Å². The van der Waals surface area contributed by atoms with Crippen LogP contribution in [-0.2, 0) is 0 Å². The highest BCUT2D eigenvalue weighted by molar-refractivity contribution is 5.87. The fourth-order valence-corrected chi connectivity index (χ4v) is 1.38. The molecule has 1 aliphatic rings. The first kappa shape index (κ1) is 8.04. The summed E-state index contributed by atoms with van der Waals surface area (Å²) in [6.45, 7) is 0. The minimum absolute atomic E-state index is 0.150. The summed E-state index contributed by atoms with van der Waals surface area (Å²) in [4.78, 5) is 14.6. The average Bonchev–Trinajstić information content (AvgIpc) is 2.85. The van der Waals surface area contributed by atoms with Gasteiger partial charge in [0.05, 0.1) is 11.9 Å². The van der Waals surface area contributed by atoms with Crippen molar-refractivity contribution in [3.05, 3.63) is 23.5 Å². The van der Waals surface area contributed by atoms with Gasteiger partial charge >= 0.3 is 5.97 Å². The third kappa shape index (κ3) is 1.47. The van der Waals surface area contributed by atoms with Gasteiger partial charge in [-0.2, -0.15) is 0 Å². The number of nitrogens with two attached hydrogens (primary N) is 1. The van der Waals surface area contributed by atoms with Crippen molar-refractivity contribution < 1.29 is 9.90 Å². The zero-order chi connectivity index (χ0) is 9.42. The van der Waals surface area contributed by atoms with E-state index in [9.17, 15) is 4.79 Å². The van der Waals surface area contributed by atoms with Crippen molar-refractivity contribution in [2.45, 2.75) is 18.8 Å². The van der Waals surface area contributed by atoms with E-state index in [1.807, 2.05) is 0 Å². The molecule has 4 nitrogen and oxygen atoms in total. The third-order valence-corrected chi connectivity index (χ3v) is 2.16. The Morgan fingerprint density at radius 2 is 2.31 bits per heavy atom. The van der Waals surface area contributed by atoms with Crippen LogP contribution in [0.3, 0.4) is 0 Å². The summed E-state index contributed by atoms with van der Waals surface area (Å²) in [5.41, 5.74) is 7.01. The van der Waals surface area contributed by atoms with Gasteiger partial charge in [-0.25, -0.2) is 9.78 Å². The Balaban J connectivity index is 2.47. The normalized spacial score (nSPS) is 15.7. The van der Waals surface area contributed by atoms with Crippen LogP contribution in [0.25, 0.3) is 0 Å². The minimum atomic E-state index is -0.970. The lowest BCUT2D eigenvalue weighted by molar-refractivity contribution is 0.0689. The number of rotatable bonds is 2. The molecule has 1 fully saturated rings. The number of hydrogen-bond acceptors (Lipinski definition) is 3. The molecular weight excluding hydrogens is 168 g/mol. The Kier molecular flexibility index (Phi) is 1.69. The molecule has 0 saturated heterocycles. The lowest BCUT2D eigenvalue weighted by atomic mass is 10.1. The molecule has 13 heavy (non-hydrogen) atoms. The van der Waals surface area contributed by atoms with E-state index in [1.165, 1.54) is 6.20 Å². The van der Waals surface area contributed by atoms with Gasteiger partial charge in [-0.15, -0.1) is 0 Å². The average molecular weight is 178 g/mol. The number of aromatic carboxylic acids is 1. The molecule has 0 atom stereocenters. The Morgan fingerprint density at radius 3 is 2.85 bits per heavy atom. The number of carboxylic acid groups (broad SMARTS) is 1. The monoisotopic (exact) mass is 178 g/mol. The Morgan fingerprint density at radius 1 is 1.62 bits per heavy atom. The van der Waals surface area contributed by atoms with E-state index < -0.39 is 5.97 Å². The molecule has 2 rings (SSSR count). The zero-order valence-electron chi connectivity index (χ0n) is 7.03. The Hall–Kier alpha value is -1.58. The maximum Gasteiger partial charge on any atom is 0.354 e. The molecule has 0 bridgehead atoms. The second kappa shape index (κ2) is 2.73. The standard InChI is InChI=1S/C9H10N2O2/c10-6-3-7(5-1-2-5)8(9(12)13)11-4-6/h3-5H,1-2,10H2,(H,12,13). The summed E-state index contributed by atoms with van der Waals surface area (Å²) in [6, 6.07) is 1.72. The van der Waals surface area contributed by atoms with Crippen molar-refractivity contribution in [3.63, 3.8) is 0 Å². The van der Waals surface area contributed by atoms with Gasteiger partial charge in [0.25, 0.3) is 0 Å². The molecule has 0 aromatic carbocycles. The van der Waals surface area contributed by atoms with Gasteiger partial charge in [0.15, 0.2) is 5.69 Å². The van der Waals surface area contributed by atoms with Crippen LogP contribution in [0, 0.1) is 0 Å². The summed E-state index contributed by atoms with van der Waals surface area (Å²) in [5.74, 6) is -0.607. The third-order valence-electron chi connectivity index (χ3n) is 2.16. The fraction of sp³-hybridized carbons (Fsp3) is 0.333. The number of hydrogen-bond donors (Lipinski definition) is 2. The minimum Gasteiger partial charge on any atom is -0.477 e. The van der Waals surface area contributed by atoms with Gasteiger partial charge in [-0.05, 0) is 30.4 Å². The van der Waals surface area contributed by atoms with Crippen molar-refractivity contribution >= 4 is 11.7 Å². The highest BCUT2D eigenvalue weighted by Crippen LogP contribution is 2.41. The molecule has 1 aliphatic carbocycles. The largest absolute Gasteiger partial charge is 0.477 e. The molecule has 0 unspecified atom stereocenters. The van der Waals surface area contributed by atoms with Crippen molar-refractivity contribution in [1.82, 2.24) is 4.98 Å². The van der Waals surface area contributed by atoms with Crippen LogP contribution in [0.1, 0.15) is 34.8 Å². The smallest absolute Gasteiger partial charge is 0.354 e. The van der Waals surface area contributed by atoms with Crippen LogP contribution in [0.2, 0.25) is 0 Å². The predicted octanol–water partition coefficient (Wildman–Crippen LogP) is 1.24. The molecule has 1 aromatic rings. The SMILES string of the molecule is Nc1cnc(C(=O)O)c(C2CC2)c1. The maximum absolute atomic E-state index is 10.8. The molecule has 1 aromatic heterocycles. The van der Waals surface area contributed by atoms with Crippen molar-refractivity contribution in [3.8, 4) is 0 Å². The molecule has 0 aliphatic heterocycles. The van der Waals surface area contributed by atoms with Crippen molar-refractivity contribution in [2.75, 3.05) is 5.73 Å². The summed E-state index contributed by atoms with van der Waals surface area (Å²) in [7, 11) is 0. The second-order valence-corrected chi connectivity index (χ2v) is 3.29. The second-order valence-electron chi connectivity index (χ2n) is 3.29. The quantitative estimate of drug-likeness (QED) is 0.714. The first-order chi connectivity index (χ1) is 6.18. The van der Waals surface area contributed by atoms with Gasteiger partial charge < -0.3 is 10.8 Å². The molecule has 0 radical (unpaired) electrons. The van der Waals surface area contributed by atoms with Crippen LogP contribution >= 0.6 is 0 Å². The van der Waals surface area contributed by atoms with Crippen molar-refractivity contribution in [1.29, 1.82) is 0 Å². The van der Waals surface area contributed by atoms with E-state index in [-0.39, 0.29) is 5.69 Å². The van der Waals surface area contributed by atoms with Gasteiger partial charge in [-0.1, -0.05) is 0 Å². The van der Waals surface area contributed by atoms with Crippen LogP contribution in [-0.4, -0.2) is 16.1 Å². The molecule has 0 spiro atoms. The predicted molar refractivity (Wildman–Crippen MR) is 47.6 cm³/mol. The number of carboxylic acids is 1. The molecule has 1 saturated carbocycles. The first-order valence-electron chi connectivity index (χ1n) is 4.17. The van der Waals surface area contributed by atoms with Crippen LogP contribution < -0.4 is 5.73 Å². The van der Waals surface area contributed by atoms with Gasteiger partial charge in [-0.3, -0.25) is 0 Å². The number of pyridine rings is 1. The van der Waals surface area contributed by atoms with Gasteiger partial charge in [0, 0.05) is 0 Å². The van der Waals surface area contributed by atoms with E-state index in [2.05, 4.69) is 4.98 Å². The number of anilines is 1. The zero-order valence-corrected chi connectivity index (χ0v) is 7.03. The van der Waals surface area contributed by atoms with Crippen molar-refractivity contribution in [2.24, 2.45) is 0 Å². The summed E-state index contributed by atoms with van der Waals surface area (Å²) < 4.78 is 0. The Bertz CT molecular complexity index is 359. The number of carbonyl (C=O) groups is 1. The lowest BCUT2D eigenvalue weighted by Gasteiger charge is -2.03. The lowest BCUT2D eigenvalue weighted by Crippen LogP contribution is -2.05. The van der Waals surface area contributed by atoms with Gasteiger partial charge in [0.1, 0.15) is 0 Å². The molecule has 1 heterocycles. The van der Waals surface area contributed by atoms with Gasteiger partial charge in [0.2, 0.25) is 0 Å². The molecule has 4 heteroatoms. The summed E-state index contributed by atoms with van der Waals surface area (Å²) in [6.07, 6.45) is 3.48. The summed E-state index contributed by atoms with van der Waals surface area (Å²) >= 11 is 0. The highest BCUT2D eigenvalue weighted by Gasteiger charge is 2.28. The highest BCUT2D eigenvalue weighted by atomic mass is 16.4. The van der Waals surface area contributed by atoms with E-state index >= 15 is 0 Å². The first-order valence-corrected chi connectivity index (χ1v) is 4.17. The van der Waals surface area contributed by atoms with E-state index in [1.54, 1.807) is 6.07 Å². The van der Waals surface area contributed by atoms with E-state index in [0.717, 1.165) is 18.4 Å². The summed E-state index contributed by atoms with van der Waals surface area (Å²) in [5, 5.41) is 8.83. The Labute approximate surface area is 75.4 Å². The molecule has 68 valence electrons. The molecular formula is C9H10N2O2. The van der Waals surface area contributed by atoms with Crippen LogP contribution in [0.5, 0.6) is 0 Å². The van der Waals surface area contributed by atoms with E-state index in [0.29, 0.717) is 11.6 Å². The maximum atomic E-state index is 10.8. The number of nitrogens with zero attached hydrogens (tertiary/aromatic N) is 1.